The Hall–Kier alpha value is -3.80. The summed E-state index contributed by atoms with van der Waals surface area (Å²) in [6.07, 6.45) is 3.37. The first kappa shape index (κ1) is 39.0. The molecule has 0 aliphatic carbocycles. The van der Waals surface area contributed by atoms with E-state index in [0.717, 1.165) is 47.5 Å². The minimum atomic E-state index is -0.935. The van der Waals surface area contributed by atoms with Gasteiger partial charge in [0.15, 0.2) is 0 Å². The molecule has 1 aliphatic rings. The quantitative estimate of drug-likeness (QED) is 0.0849. The lowest BCUT2D eigenvalue weighted by molar-refractivity contribution is -0.135. The highest BCUT2D eigenvalue weighted by Gasteiger charge is 2.40. The molecule has 1 aliphatic heterocycles. The average Bonchev–Trinajstić information content (AvgIpc) is 3.63. The molecule has 1 atom stereocenters. The average molecular weight is 692 g/mol. The fourth-order valence-electron chi connectivity index (χ4n) is 6.12. The van der Waals surface area contributed by atoms with Crippen LogP contribution in [-0.2, 0) is 38.9 Å². The van der Waals surface area contributed by atoms with Crippen LogP contribution in [0, 0.1) is 0 Å². The molecule has 0 radical (unpaired) electrons. The summed E-state index contributed by atoms with van der Waals surface area (Å²) in [6, 6.07) is 26.1. The minimum absolute atomic E-state index is 0.0589. The Labute approximate surface area is 296 Å². The van der Waals surface area contributed by atoms with Crippen LogP contribution in [0.15, 0.2) is 78.9 Å². The SMILES string of the molecule is COc1ccc(C(OCC2CCCN2C(=O)CCOCCOCCOCCOCCCC(C)=O)(c2ccccc2)c2ccc(OC)cc2)cc1. The molecule has 272 valence electrons. The molecule has 0 spiro atoms. The summed E-state index contributed by atoms with van der Waals surface area (Å²) in [5.41, 5.74) is 1.97. The van der Waals surface area contributed by atoms with Crippen molar-refractivity contribution in [3.05, 3.63) is 95.6 Å². The Morgan fingerprint density at radius 2 is 1.16 bits per heavy atom. The first-order valence-corrected chi connectivity index (χ1v) is 17.6. The lowest BCUT2D eigenvalue weighted by atomic mass is 9.80. The van der Waals surface area contributed by atoms with Gasteiger partial charge in [-0.25, -0.2) is 0 Å². The Kier molecular flexibility index (Phi) is 16.7. The number of carbonyl (C=O) groups excluding carboxylic acids is 2. The van der Waals surface area contributed by atoms with Crippen molar-refractivity contribution >= 4 is 11.7 Å². The number of amides is 1. The molecule has 1 fully saturated rings. The number of methoxy groups -OCH3 is 2. The standard InChI is InChI=1S/C40H53NO9/c1-32(42)9-8-23-46-25-27-48-29-30-49-28-26-47-24-21-39(43)41-22-7-12-36(41)31-50-40(33-10-5-4-6-11-33,34-13-17-37(44-2)18-14-34)35-15-19-38(45-3)20-16-35/h4-6,10-11,13-20,36H,7-9,12,21-31H2,1-3H3. The maximum absolute atomic E-state index is 13.4. The second kappa shape index (κ2) is 21.4. The molecule has 1 saturated heterocycles. The zero-order valence-electron chi connectivity index (χ0n) is 29.8. The highest BCUT2D eigenvalue weighted by molar-refractivity contribution is 5.77. The van der Waals surface area contributed by atoms with E-state index in [4.69, 9.17) is 33.2 Å². The van der Waals surface area contributed by atoms with Gasteiger partial charge in [0.2, 0.25) is 5.91 Å². The van der Waals surface area contributed by atoms with Gasteiger partial charge >= 0.3 is 0 Å². The van der Waals surface area contributed by atoms with E-state index in [1.54, 1.807) is 21.1 Å². The van der Waals surface area contributed by atoms with Crippen LogP contribution < -0.4 is 9.47 Å². The molecule has 3 aromatic rings. The van der Waals surface area contributed by atoms with Crippen LogP contribution in [0.4, 0.5) is 0 Å². The second-order valence-electron chi connectivity index (χ2n) is 12.2. The molecule has 0 bridgehead atoms. The fraction of sp³-hybridized carbons (Fsp3) is 0.500. The number of ether oxygens (including phenoxy) is 7. The minimum Gasteiger partial charge on any atom is -0.497 e. The monoisotopic (exact) mass is 691 g/mol. The molecule has 4 rings (SSSR count). The van der Waals surface area contributed by atoms with Crippen LogP contribution in [0.3, 0.4) is 0 Å². The van der Waals surface area contributed by atoms with E-state index < -0.39 is 5.60 Å². The highest BCUT2D eigenvalue weighted by atomic mass is 16.6. The normalized spacial score (nSPS) is 14.5. The van der Waals surface area contributed by atoms with Crippen LogP contribution in [0.25, 0.3) is 0 Å². The van der Waals surface area contributed by atoms with E-state index in [-0.39, 0.29) is 17.7 Å². The van der Waals surface area contributed by atoms with Gasteiger partial charge in [0, 0.05) is 19.6 Å². The zero-order chi connectivity index (χ0) is 35.4. The van der Waals surface area contributed by atoms with E-state index >= 15 is 0 Å². The molecule has 1 amide bonds. The number of likely N-dealkylation sites (tertiary alicyclic amines) is 1. The fourth-order valence-corrected chi connectivity index (χ4v) is 6.12. The van der Waals surface area contributed by atoms with E-state index in [1.165, 1.54) is 0 Å². The van der Waals surface area contributed by atoms with E-state index in [2.05, 4.69) is 12.1 Å². The number of carbonyl (C=O) groups is 2. The molecule has 10 heteroatoms. The summed E-state index contributed by atoms with van der Waals surface area (Å²) in [5, 5.41) is 0. The van der Waals surface area contributed by atoms with Crippen LogP contribution in [0.1, 0.15) is 55.7 Å². The zero-order valence-corrected chi connectivity index (χ0v) is 29.8. The molecule has 0 aromatic heterocycles. The van der Waals surface area contributed by atoms with Gasteiger partial charge < -0.3 is 42.9 Å². The molecular formula is C40H53NO9. The number of Topliss-reactive ketones (excluding diaryl/α,β-unsaturated/α-hetero) is 1. The third kappa shape index (κ3) is 11.6. The number of ketones is 1. The van der Waals surface area contributed by atoms with Gasteiger partial charge in [-0.2, -0.15) is 0 Å². The third-order valence-electron chi connectivity index (χ3n) is 8.76. The largest absolute Gasteiger partial charge is 0.497 e. The maximum Gasteiger partial charge on any atom is 0.225 e. The number of rotatable bonds is 24. The molecular weight excluding hydrogens is 638 g/mol. The number of hydrogen-bond acceptors (Lipinski definition) is 9. The van der Waals surface area contributed by atoms with Crippen molar-refractivity contribution in [3.63, 3.8) is 0 Å². The van der Waals surface area contributed by atoms with Crippen molar-refractivity contribution in [1.29, 1.82) is 0 Å². The lowest BCUT2D eigenvalue weighted by Crippen LogP contribution is -2.42. The molecule has 1 heterocycles. The smallest absolute Gasteiger partial charge is 0.225 e. The van der Waals surface area contributed by atoms with E-state index in [1.807, 2.05) is 71.6 Å². The van der Waals surface area contributed by atoms with Gasteiger partial charge in [0.25, 0.3) is 0 Å². The van der Waals surface area contributed by atoms with Gasteiger partial charge in [0.1, 0.15) is 22.9 Å². The van der Waals surface area contributed by atoms with Crippen molar-refractivity contribution < 1.29 is 42.7 Å². The summed E-state index contributed by atoms with van der Waals surface area (Å²) in [6.45, 7) is 6.28. The number of benzene rings is 3. The molecule has 3 aromatic carbocycles. The van der Waals surface area contributed by atoms with Crippen molar-refractivity contribution in [2.45, 2.75) is 50.7 Å². The first-order chi connectivity index (χ1) is 24.5. The maximum atomic E-state index is 13.4. The van der Waals surface area contributed by atoms with Crippen molar-refractivity contribution in [2.24, 2.45) is 0 Å². The van der Waals surface area contributed by atoms with Crippen LogP contribution in [0.2, 0.25) is 0 Å². The highest BCUT2D eigenvalue weighted by Crippen LogP contribution is 2.42. The number of hydrogen-bond donors (Lipinski definition) is 0. The predicted molar refractivity (Wildman–Crippen MR) is 191 cm³/mol. The van der Waals surface area contributed by atoms with Gasteiger partial charge in [-0.05, 0) is 67.1 Å². The second-order valence-corrected chi connectivity index (χ2v) is 12.2. The molecule has 1 unspecified atom stereocenters. The Balaban J connectivity index is 1.27. The Morgan fingerprint density at radius 1 is 0.660 bits per heavy atom. The van der Waals surface area contributed by atoms with Crippen molar-refractivity contribution in [2.75, 3.05) is 80.2 Å². The summed E-state index contributed by atoms with van der Waals surface area (Å²) >= 11 is 0. The Morgan fingerprint density at radius 3 is 1.68 bits per heavy atom. The Bertz CT molecular complexity index is 1350. The lowest BCUT2D eigenvalue weighted by Gasteiger charge is -2.38. The number of nitrogens with zero attached hydrogens (tertiary/aromatic N) is 1. The predicted octanol–water partition coefficient (Wildman–Crippen LogP) is 5.83. The summed E-state index contributed by atoms with van der Waals surface area (Å²) in [7, 11) is 3.31. The summed E-state index contributed by atoms with van der Waals surface area (Å²) in [5.74, 6) is 1.76. The van der Waals surface area contributed by atoms with Crippen LogP contribution in [-0.4, -0.2) is 103 Å². The van der Waals surface area contributed by atoms with Crippen LogP contribution in [0.5, 0.6) is 11.5 Å². The van der Waals surface area contributed by atoms with Gasteiger partial charge in [0.05, 0.1) is 79.5 Å². The molecule has 0 saturated carbocycles. The summed E-state index contributed by atoms with van der Waals surface area (Å²) < 4.78 is 40.2. The first-order valence-electron chi connectivity index (χ1n) is 17.6. The van der Waals surface area contributed by atoms with E-state index in [9.17, 15) is 9.59 Å². The molecule has 50 heavy (non-hydrogen) atoms. The van der Waals surface area contributed by atoms with Gasteiger partial charge in [-0.1, -0.05) is 54.6 Å². The van der Waals surface area contributed by atoms with E-state index in [0.29, 0.717) is 78.8 Å². The molecule has 10 nitrogen and oxygen atoms in total. The van der Waals surface area contributed by atoms with Gasteiger partial charge in [-0.3, -0.25) is 4.79 Å². The van der Waals surface area contributed by atoms with Crippen molar-refractivity contribution in [1.82, 2.24) is 4.90 Å². The third-order valence-corrected chi connectivity index (χ3v) is 8.76. The topological polar surface area (TPSA) is 102 Å². The summed E-state index contributed by atoms with van der Waals surface area (Å²) in [4.78, 5) is 26.2. The van der Waals surface area contributed by atoms with Crippen LogP contribution >= 0.6 is 0 Å². The van der Waals surface area contributed by atoms with Crippen molar-refractivity contribution in [3.8, 4) is 11.5 Å². The molecule has 0 N–H and O–H groups in total. The van der Waals surface area contributed by atoms with Gasteiger partial charge in [-0.15, -0.1) is 0 Å².